The van der Waals surface area contributed by atoms with Gasteiger partial charge in [0.2, 0.25) is 0 Å². The van der Waals surface area contributed by atoms with Crippen molar-refractivity contribution in [2.24, 2.45) is 0 Å². The highest BCUT2D eigenvalue weighted by atomic mass is 16.3. The summed E-state index contributed by atoms with van der Waals surface area (Å²) < 4.78 is 5.14. The predicted octanol–water partition coefficient (Wildman–Crippen LogP) is 1.10. The minimum absolute atomic E-state index is 0.769. The smallest absolute Gasteiger partial charge is 0.0947 e. The first-order valence-electron chi connectivity index (χ1n) is 6.97. The van der Waals surface area contributed by atoms with Crippen molar-refractivity contribution in [1.29, 1.82) is 0 Å². The van der Waals surface area contributed by atoms with Crippen molar-refractivity contribution >= 4 is 0 Å². The molecule has 3 heterocycles. The van der Waals surface area contributed by atoms with Crippen LogP contribution in [0.5, 0.6) is 0 Å². The monoisotopic (exact) mass is 249 g/mol. The topological polar surface area (TPSA) is 22.9 Å². The van der Waals surface area contributed by atoms with Crippen molar-refractivity contribution in [3.63, 3.8) is 0 Å². The molecular weight excluding hydrogens is 226 g/mol. The van der Waals surface area contributed by atoms with E-state index < -0.39 is 0 Å². The first kappa shape index (κ1) is 12.2. The van der Waals surface area contributed by atoms with E-state index in [9.17, 15) is 0 Å². The molecule has 4 nitrogen and oxygen atoms in total. The van der Waals surface area contributed by atoms with Crippen LogP contribution >= 0.6 is 0 Å². The van der Waals surface area contributed by atoms with Crippen molar-refractivity contribution in [1.82, 2.24) is 14.7 Å². The maximum atomic E-state index is 5.14. The zero-order chi connectivity index (χ0) is 12.4. The van der Waals surface area contributed by atoms with E-state index in [0.717, 1.165) is 12.6 Å². The molecular formula is C14H23N3O. The van der Waals surface area contributed by atoms with Gasteiger partial charge in [-0.05, 0) is 19.5 Å². The maximum Gasteiger partial charge on any atom is 0.0947 e. The van der Waals surface area contributed by atoms with Gasteiger partial charge in [-0.15, -0.1) is 0 Å². The summed E-state index contributed by atoms with van der Waals surface area (Å²) in [6, 6.07) is 2.84. The molecule has 2 saturated heterocycles. The van der Waals surface area contributed by atoms with Crippen LogP contribution in [0.3, 0.4) is 0 Å². The lowest BCUT2D eigenvalue weighted by atomic mass is 10.2. The molecule has 2 fully saturated rings. The fourth-order valence-electron chi connectivity index (χ4n) is 3.08. The van der Waals surface area contributed by atoms with E-state index in [1.807, 2.05) is 6.26 Å². The van der Waals surface area contributed by atoms with Gasteiger partial charge in [0, 0.05) is 57.4 Å². The van der Waals surface area contributed by atoms with E-state index >= 15 is 0 Å². The Morgan fingerprint density at radius 1 is 1.22 bits per heavy atom. The van der Waals surface area contributed by atoms with E-state index in [-0.39, 0.29) is 0 Å². The van der Waals surface area contributed by atoms with Crippen molar-refractivity contribution < 1.29 is 4.42 Å². The van der Waals surface area contributed by atoms with Gasteiger partial charge in [-0.25, -0.2) is 0 Å². The van der Waals surface area contributed by atoms with Crippen molar-refractivity contribution in [3.05, 3.63) is 24.2 Å². The molecule has 0 saturated carbocycles. The van der Waals surface area contributed by atoms with E-state index in [0.29, 0.717) is 0 Å². The highest BCUT2D eigenvalue weighted by molar-refractivity contribution is 5.05. The molecule has 0 amide bonds. The van der Waals surface area contributed by atoms with Gasteiger partial charge in [0.25, 0.3) is 0 Å². The Kier molecular flexibility index (Phi) is 3.68. The second-order valence-electron chi connectivity index (χ2n) is 5.65. The normalized spacial score (nSPS) is 27.9. The molecule has 0 radical (unpaired) electrons. The van der Waals surface area contributed by atoms with Crippen LogP contribution in [0.1, 0.15) is 12.0 Å². The number of likely N-dealkylation sites (tertiary alicyclic amines) is 1. The van der Waals surface area contributed by atoms with Crippen LogP contribution in [0.4, 0.5) is 0 Å². The van der Waals surface area contributed by atoms with Crippen LogP contribution in [-0.2, 0) is 6.54 Å². The van der Waals surface area contributed by atoms with Gasteiger partial charge in [0.15, 0.2) is 0 Å². The summed E-state index contributed by atoms with van der Waals surface area (Å²) in [5, 5.41) is 0. The van der Waals surface area contributed by atoms with Crippen LogP contribution in [-0.4, -0.2) is 67.1 Å². The number of furan rings is 1. The number of hydrogen-bond donors (Lipinski definition) is 0. The average Bonchev–Trinajstić information content (AvgIpc) is 3.02. The number of nitrogens with zero attached hydrogens (tertiary/aromatic N) is 3. The van der Waals surface area contributed by atoms with E-state index in [1.54, 1.807) is 6.26 Å². The van der Waals surface area contributed by atoms with Crippen LogP contribution in [0, 0.1) is 0 Å². The molecule has 18 heavy (non-hydrogen) atoms. The summed E-state index contributed by atoms with van der Waals surface area (Å²) in [4.78, 5) is 7.65. The number of likely N-dealkylation sites (N-methyl/N-ethyl adjacent to an activating group) is 1. The molecule has 0 spiro atoms. The quantitative estimate of drug-likeness (QED) is 0.800. The summed E-state index contributed by atoms with van der Waals surface area (Å²) in [7, 11) is 2.22. The van der Waals surface area contributed by atoms with Gasteiger partial charge < -0.3 is 9.32 Å². The molecule has 0 aliphatic carbocycles. The second kappa shape index (κ2) is 5.43. The van der Waals surface area contributed by atoms with E-state index in [4.69, 9.17) is 4.42 Å². The Labute approximate surface area is 109 Å². The summed E-state index contributed by atoms with van der Waals surface area (Å²) in [5.74, 6) is 0. The third-order valence-electron chi connectivity index (χ3n) is 4.29. The molecule has 3 rings (SSSR count). The summed E-state index contributed by atoms with van der Waals surface area (Å²) in [6.45, 7) is 8.40. The lowest BCUT2D eigenvalue weighted by molar-refractivity contribution is 0.112. The molecule has 2 aliphatic heterocycles. The molecule has 2 aliphatic rings. The van der Waals surface area contributed by atoms with Gasteiger partial charge in [-0.2, -0.15) is 0 Å². The zero-order valence-electron chi connectivity index (χ0n) is 11.2. The van der Waals surface area contributed by atoms with Gasteiger partial charge in [0.1, 0.15) is 0 Å². The first-order valence-corrected chi connectivity index (χ1v) is 6.97. The highest BCUT2D eigenvalue weighted by Crippen LogP contribution is 2.19. The average molecular weight is 249 g/mol. The van der Waals surface area contributed by atoms with Crippen LogP contribution < -0.4 is 0 Å². The lowest BCUT2D eigenvalue weighted by Gasteiger charge is -2.36. The highest BCUT2D eigenvalue weighted by Gasteiger charge is 2.29. The fourth-order valence-corrected chi connectivity index (χ4v) is 3.08. The van der Waals surface area contributed by atoms with Crippen LogP contribution in [0.15, 0.2) is 23.0 Å². The number of hydrogen-bond acceptors (Lipinski definition) is 4. The first-order chi connectivity index (χ1) is 8.81. The molecule has 1 aromatic heterocycles. The van der Waals surface area contributed by atoms with Crippen molar-refractivity contribution in [2.75, 3.05) is 46.3 Å². The lowest BCUT2D eigenvalue weighted by Crippen LogP contribution is -2.49. The summed E-state index contributed by atoms with van der Waals surface area (Å²) >= 11 is 0. The minimum Gasteiger partial charge on any atom is -0.472 e. The molecule has 0 bridgehead atoms. The standard InChI is InChI=1S/C14H23N3O/c1-15-5-7-17(8-6-15)14-2-4-16(11-14)10-13-3-9-18-12-13/h3,9,12,14H,2,4-8,10-11H2,1H3/t14-/m0/s1. The fraction of sp³-hybridized carbons (Fsp3) is 0.714. The van der Waals surface area contributed by atoms with Gasteiger partial charge in [-0.1, -0.05) is 0 Å². The summed E-state index contributed by atoms with van der Waals surface area (Å²) in [6.07, 6.45) is 4.95. The number of rotatable bonds is 3. The van der Waals surface area contributed by atoms with Crippen LogP contribution in [0.2, 0.25) is 0 Å². The Morgan fingerprint density at radius 2 is 2.06 bits per heavy atom. The van der Waals surface area contributed by atoms with Crippen molar-refractivity contribution in [3.8, 4) is 0 Å². The molecule has 0 unspecified atom stereocenters. The maximum absolute atomic E-state index is 5.14. The van der Waals surface area contributed by atoms with E-state index in [1.165, 1.54) is 51.3 Å². The molecule has 4 heteroatoms. The Bertz CT molecular complexity index is 357. The Morgan fingerprint density at radius 3 is 2.78 bits per heavy atom. The third kappa shape index (κ3) is 2.76. The predicted molar refractivity (Wildman–Crippen MR) is 71.5 cm³/mol. The van der Waals surface area contributed by atoms with E-state index in [2.05, 4.69) is 27.8 Å². The minimum atomic E-state index is 0.769. The Hall–Kier alpha value is -0.840. The molecule has 100 valence electrons. The third-order valence-corrected chi connectivity index (χ3v) is 4.29. The molecule has 0 N–H and O–H groups in total. The van der Waals surface area contributed by atoms with Gasteiger partial charge >= 0.3 is 0 Å². The van der Waals surface area contributed by atoms with Crippen molar-refractivity contribution in [2.45, 2.75) is 19.0 Å². The molecule has 1 aromatic rings. The van der Waals surface area contributed by atoms with Crippen LogP contribution in [0.25, 0.3) is 0 Å². The van der Waals surface area contributed by atoms with Gasteiger partial charge in [0.05, 0.1) is 12.5 Å². The SMILES string of the molecule is CN1CCN([C@H]2CCN(Cc3ccoc3)C2)CC1. The largest absolute Gasteiger partial charge is 0.472 e. The number of piperazine rings is 1. The second-order valence-corrected chi connectivity index (χ2v) is 5.65. The Balaban J connectivity index is 1.49. The molecule has 1 atom stereocenters. The van der Waals surface area contributed by atoms with Gasteiger partial charge in [-0.3, -0.25) is 9.80 Å². The summed E-state index contributed by atoms with van der Waals surface area (Å²) in [5.41, 5.74) is 1.30. The zero-order valence-corrected chi connectivity index (χ0v) is 11.2. The molecule has 0 aromatic carbocycles.